The molecule has 2 unspecified atom stereocenters. The van der Waals surface area contributed by atoms with Gasteiger partial charge in [0, 0.05) is 31.2 Å². The summed E-state index contributed by atoms with van der Waals surface area (Å²) in [7, 11) is 0. The summed E-state index contributed by atoms with van der Waals surface area (Å²) in [5, 5.41) is 3.58. The molecule has 2 atom stereocenters. The average Bonchev–Trinajstić information content (AvgIpc) is 2.38. The molecule has 2 nitrogen and oxygen atoms in total. The van der Waals surface area contributed by atoms with E-state index in [1.807, 2.05) is 6.07 Å². The summed E-state index contributed by atoms with van der Waals surface area (Å²) >= 11 is 0. The van der Waals surface area contributed by atoms with Crippen LogP contribution in [0.3, 0.4) is 0 Å². The van der Waals surface area contributed by atoms with Crippen molar-refractivity contribution < 1.29 is 4.39 Å². The Balaban J connectivity index is 2.11. The van der Waals surface area contributed by atoms with Gasteiger partial charge in [0.2, 0.25) is 0 Å². The van der Waals surface area contributed by atoms with E-state index in [0.29, 0.717) is 0 Å². The summed E-state index contributed by atoms with van der Waals surface area (Å²) in [6.45, 7) is 9.68. The van der Waals surface area contributed by atoms with E-state index in [1.165, 1.54) is 6.07 Å². The molecule has 1 aromatic carbocycles. The van der Waals surface area contributed by atoms with E-state index in [1.54, 1.807) is 12.1 Å². The zero-order valence-corrected chi connectivity index (χ0v) is 11.5. The van der Waals surface area contributed by atoms with E-state index in [9.17, 15) is 4.39 Å². The van der Waals surface area contributed by atoms with Crippen molar-refractivity contribution in [1.29, 1.82) is 0 Å². The van der Waals surface area contributed by atoms with Gasteiger partial charge in [-0.2, -0.15) is 0 Å². The molecule has 0 saturated carbocycles. The Hall–Kier alpha value is -0.930. The van der Waals surface area contributed by atoms with Crippen LogP contribution in [-0.2, 0) is 0 Å². The summed E-state index contributed by atoms with van der Waals surface area (Å²) < 4.78 is 13.3. The standard InChI is InChI=1S/C15H23FN2/c1-4-15(3)11-18(9-8-17-15)12(2)13-6-5-7-14(16)10-13/h5-7,10,12,17H,4,8-9,11H2,1-3H3. The maximum absolute atomic E-state index is 13.3. The first-order valence-electron chi connectivity index (χ1n) is 6.78. The van der Waals surface area contributed by atoms with Crippen molar-refractivity contribution in [2.24, 2.45) is 0 Å². The first kappa shape index (κ1) is 13.5. The Morgan fingerprint density at radius 1 is 1.50 bits per heavy atom. The second kappa shape index (κ2) is 5.37. The van der Waals surface area contributed by atoms with Crippen LogP contribution in [-0.4, -0.2) is 30.1 Å². The molecule has 0 bridgehead atoms. The Labute approximate surface area is 109 Å². The number of nitrogens with one attached hydrogen (secondary N) is 1. The Kier molecular flexibility index (Phi) is 4.03. The second-order valence-electron chi connectivity index (χ2n) is 5.54. The molecule has 3 heteroatoms. The summed E-state index contributed by atoms with van der Waals surface area (Å²) in [6, 6.07) is 7.23. The number of benzene rings is 1. The van der Waals surface area contributed by atoms with Crippen molar-refractivity contribution in [3.05, 3.63) is 35.6 Å². The summed E-state index contributed by atoms with van der Waals surface area (Å²) in [5.41, 5.74) is 1.25. The summed E-state index contributed by atoms with van der Waals surface area (Å²) in [6.07, 6.45) is 1.11. The molecule has 1 aromatic rings. The van der Waals surface area contributed by atoms with E-state index in [2.05, 4.69) is 31.0 Å². The fraction of sp³-hybridized carbons (Fsp3) is 0.600. The Morgan fingerprint density at radius 2 is 2.28 bits per heavy atom. The lowest BCUT2D eigenvalue weighted by Crippen LogP contribution is -2.58. The van der Waals surface area contributed by atoms with Crippen molar-refractivity contribution >= 4 is 0 Å². The van der Waals surface area contributed by atoms with Gasteiger partial charge in [-0.05, 0) is 38.0 Å². The number of hydrogen-bond acceptors (Lipinski definition) is 2. The van der Waals surface area contributed by atoms with Crippen LogP contribution in [0.4, 0.5) is 4.39 Å². The quantitative estimate of drug-likeness (QED) is 0.887. The molecule has 1 aliphatic heterocycles. The predicted molar refractivity (Wildman–Crippen MR) is 73.1 cm³/mol. The van der Waals surface area contributed by atoms with Gasteiger partial charge >= 0.3 is 0 Å². The molecule has 1 aliphatic rings. The van der Waals surface area contributed by atoms with Gasteiger partial charge in [0.25, 0.3) is 0 Å². The monoisotopic (exact) mass is 250 g/mol. The average molecular weight is 250 g/mol. The number of piperazine rings is 1. The third-order valence-electron chi connectivity index (χ3n) is 4.16. The van der Waals surface area contributed by atoms with Crippen LogP contribution < -0.4 is 5.32 Å². The molecule has 0 aromatic heterocycles. The minimum atomic E-state index is -0.146. The molecule has 0 aliphatic carbocycles. The molecular formula is C15H23FN2. The highest BCUT2D eigenvalue weighted by Gasteiger charge is 2.31. The minimum Gasteiger partial charge on any atom is -0.309 e. The Morgan fingerprint density at radius 3 is 2.94 bits per heavy atom. The molecule has 1 saturated heterocycles. The van der Waals surface area contributed by atoms with Gasteiger partial charge in [0.1, 0.15) is 5.82 Å². The lowest BCUT2D eigenvalue weighted by molar-refractivity contribution is 0.105. The zero-order chi connectivity index (χ0) is 13.2. The molecule has 1 heterocycles. The third-order valence-corrected chi connectivity index (χ3v) is 4.16. The van der Waals surface area contributed by atoms with Crippen LogP contribution in [0.15, 0.2) is 24.3 Å². The zero-order valence-electron chi connectivity index (χ0n) is 11.5. The lowest BCUT2D eigenvalue weighted by Gasteiger charge is -2.43. The van der Waals surface area contributed by atoms with Gasteiger partial charge in [0.05, 0.1) is 0 Å². The van der Waals surface area contributed by atoms with Gasteiger partial charge < -0.3 is 5.32 Å². The first-order chi connectivity index (χ1) is 8.54. The molecule has 2 rings (SSSR count). The molecule has 0 radical (unpaired) electrons. The highest BCUT2D eigenvalue weighted by molar-refractivity contribution is 5.20. The van der Waals surface area contributed by atoms with Crippen molar-refractivity contribution in [2.45, 2.75) is 38.8 Å². The van der Waals surface area contributed by atoms with E-state index < -0.39 is 0 Å². The normalized spacial score (nSPS) is 27.1. The summed E-state index contributed by atoms with van der Waals surface area (Å²) in [4.78, 5) is 2.44. The molecule has 100 valence electrons. The molecular weight excluding hydrogens is 227 g/mol. The van der Waals surface area contributed by atoms with E-state index in [-0.39, 0.29) is 17.4 Å². The number of nitrogens with zero attached hydrogens (tertiary/aromatic N) is 1. The van der Waals surface area contributed by atoms with Gasteiger partial charge in [-0.25, -0.2) is 4.39 Å². The molecule has 0 spiro atoms. The third kappa shape index (κ3) is 2.90. The molecule has 0 amide bonds. The number of halogens is 1. The molecule has 1 fully saturated rings. The predicted octanol–water partition coefficient (Wildman–Crippen LogP) is 2.96. The first-order valence-corrected chi connectivity index (χ1v) is 6.78. The highest BCUT2D eigenvalue weighted by Crippen LogP contribution is 2.25. The van der Waals surface area contributed by atoms with Crippen LogP contribution in [0.25, 0.3) is 0 Å². The van der Waals surface area contributed by atoms with Crippen LogP contribution >= 0.6 is 0 Å². The highest BCUT2D eigenvalue weighted by atomic mass is 19.1. The van der Waals surface area contributed by atoms with Gasteiger partial charge in [-0.1, -0.05) is 19.1 Å². The van der Waals surface area contributed by atoms with Crippen LogP contribution in [0, 0.1) is 5.82 Å². The SMILES string of the molecule is CCC1(C)CN(C(C)c2cccc(F)c2)CCN1. The van der Waals surface area contributed by atoms with Crippen molar-refractivity contribution in [3.63, 3.8) is 0 Å². The van der Waals surface area contributed by atoms with Gasteiger partial charge in [-0.15, -0.1) is 0 Å². The molecule has 18 heavy (non-hydrogen) atoms. The van der Waals surface area contributed by atoms with E-state index in [4.69, 9.17) is 0 Å². The maximum Gasteiger partial charge on any atom is 0.123 e. The fourth-order valence-electron chi connectivity index (χ4n) is 2.63. The second-order valence-corrected chi connectivity index (χ2v) is 5.54. The lowest BCUT2D eigenvalue weighted by atomic mass is 9.94. The number of hydrogen-bond donors (Lipinski definition) is 1. The van der Waals surface area contributed by atoms with Crippen molar-refractivity contribution in [1.82, 2.24) is 10.2 Å². The minimum absolute atomic E-state index is 0.146. The fourth-order valence-corrected chi connectivity index (χ4v) is 2.63. The van der Waals surface area contributed by atoms with Crippen LogP contribution in [0.2, 0.25) is 0 Å². The largest absolute Gasteiger partial charge is 0.309 e. The number of rotatable bonds is 3. The van der Waals surface area contributed by atoms with Gasteiger partial charge in [0.15, 0.2) is 0 Å². The smallest absolute Gasteiger partial charge is 0.123 e. The summed E-state index contributed by atoms with van der Waals surface area (Å²) in [5.74, 6) is -0.146. The topological polar surface area (TPSA) is 15.3 Å². The maximum atomic E-state index is 13.3. The molecule has 1 N–H and O–H groups in total. The van der Waals surface area contributed by atoms with Crippen LogP contribution in [0.1, 0.15) is 38.8 Å². The van der Waals surface area contributed by atoms with Crippen molar-refractivity contribution in [3.8, 4) is 0 Å². The van der Waals surface area contributed by atoms with E-state index in [0.717, 1.165) is 31.6 Å². The van der Waals surface area contributed by atoms with E-state index >= 15 is 0 Å². The van der Waals surface area contributed by atoms with Gasteiger partial charge in [-0.3, -0.25) is 4.90 Å². The van der Waals surface area contributed by atoms with Crippen LogP contribution in [0.5, 0.6) is 0 Å². The van der Waals surface area contributed by atoms with Crippen molar-refractivity contribution in [2.75, 3.05) is 19.6 Å². The Bertz CT molecular complexity index is 407.